The second kappa shape index (κ2) is 10.3. The van der Waals surface area contributed by atoms with Crippen molar-refractivity contribution in [2.45, 2.75) is 77.5 Å². The van der Waals surface area contributed by atoms with Crippen molar-refractivity contribution in [3.8, 4) is 11.5 Å². The minimum absolute atomic E-state index is 0.0174. The Morgan fingerprint density at radius 2 is 1.71 bits per heavy atom. The normalized spacial score (nSPS) is 18.9. The van der Waals surface area contributed by atoms with Gasteiger partial charge in [0.15, 0.2) is 11.5 Å². The van der Waals surface area contributed by atoms with Crippen LogP contribution in [0.2, 0.25) is 0 Å². The molecular weight excluding hydrogens is 442 g/mol. The lowest BCUT2D eigenvalue weighted by atomic mass is 9.95. The maximum absolute atomic E-state index is 11.8. The molecule has 0 saturated heterocycles. The average molecular weight is 478 g/mol. The van der Waals surface area contributed by atoms with Gasteiger partial charge in [-0.15, -0.1) is 0 Å². The molecule has 1 aliphatic carbocycles. The first-order valence-electron chi connectivity index (χ1n) is 12.9. The number of aryl methyl sites for hydroxylation is 1. The highest BCUT2D eigenvalue weighted by molar-refractivity contribution is 5.76. The summed E-state index contributed by atoms with van der Waals surface area (Å²) in [5.74, 6) is 1.83. The van der Waals surface area contributed by atoms with E-state index >= 15 is 0 Å². The van der Waals surface area contributed by atoms with E-state index in [4.69, 9.17) is 9.47 Å². The molecule has 3 aliphatic rings. The summed E-state index contributed by atoms with van der Waals surface area (Å²) in [6, 6.07) is 11.8. The lowest BCUT2D eigenvalue weighted by molar-refractivity contribution is 0.170. The van der Waals surface area contributed by atoms with Gasteiger partial charge in [-0.2, -0.15) is 0 Å². The largest absolute Gasteiger partial charge is 0.486 e. The van der Waals surface area contributed by atoms with E-state index in [-0.39, 0.29) is 17.2 Å². The summed E-state index contributed by atoms with van der Waals surface area (Å²) < 4.78 is 14.8. The molecule has 0 bridgehead atoms. The number of benzene rings is 1. The lowest BCUT2D eigenvalue weighted by Gasteiger charge is -2.24. The zero-order chi connectivity index (χ0) is 24.4. The van der Waals surface area contributed by atoms with Crippen LogP contribution in [0.15, 0.2) is 46.0 Å². The number of rotatable bonds is 4. The van der Waals surface area contributed by atoms with Gasteiger partial charge in [-0.05, 0) is 55.5 Å². The second-order valence-corrected chi connectivity index (χ2v) is 9.82. The Hall–Kier alpha value is -3.06. The summed E-state index contributed by atoms with van der Waals surface area (Å²) in [7, 11) is 0. The zero-order valence-electron chi connectivity index (χ0n) is 20.7. The topological polar surface area (TPSA) is 74.5 Å². The summed E-state index contributed by atoms with van der Waals surface area (Å²) in [6.07, 6.45) is 7.66. The van der Waals surface area contributed by atoms with Gasteiger partial charge < -0.3 is 14.8 Å². The van der Waals surface area contributed by atoms with E-state index < -0.39 is 0 Å². The maximum Gasteiger partial charge on any atom is 0.252 e. The van der Waals surface area contributed by atoms with E-state index in [0.29, 0.717) is 25.8 Å². The van der Waals surface area contributed by atoms with Gasteiger partial charge in [0.05, 0.1) is 6.04 Å². The molecule has 0 spiro atoms. The monoisotopic (exact) mass is 477 g/mol. The van der Waals surface area contributed by atoms with Crippen molar-refractivity contribution < 1.29 is 9.47 Å². The van der Waals surface area contributed by atoms with Crippen LogP contribution in [0.1, 0.15) is 62.6 Å². The molecule has 1 unspecified atom stereocenters. The van der Waals surface area contributed by atoms with E-state index in [0.717, 1.165) is 35.5 Å². The van der Waals surface area contributed by atoms with Crippen molar-refractivity contribution >= 4 is 11.0 Å². The van der Waals surface area contributed by atoms with Gasteiger partial charge in [-0.1, -0.05) is 32.3 Å². The van der Waals surface area contributed by atoms with Gasteiger partial charge in [0.2, 0.25) is 0 Å². The Bertz CT molecular complexity index is 1320. The Balaban J connectivity index is 0.000000147. The SMILES string of the molecule is CCC1Cn2c(=O)ccc3ccc(=O)n1c32.Cc1cc(CNC2CCCCC2)cc2c1OCCO2. The molecule has 1 saturated carbocycles. The summed E-state index contributed by atoms with van der Waals surface area (Å²) in [5.41, 5.74) is 3.20. The third-order valence-electron chi connectivity index (χ3n) is 7.37. The fourth-order valence-electron chi connectivity index (χ4n) is 5.54. The minimum Gasteiger partial charge on any atom is -0.486 e. The van der Waals surface area contributed by atoms with Crippen molar-refractivity contribution in [2.24, 2.45) is 0 Å². The molecule has 1 aromatic carbocycles. The molecule has 1 atom stereocenters. The van der Waals surface area contributed by atoms with E-state index in [1.54, 1.807) is 33.4 Å². The molecule has 7 heteroatoms. The third kappa shape index (κ3) is 4.87. The number of pyridine rings is 2. The van der Waals surface area contributed by atoms with Crippen LogP contribution in [0.3, 0.4) is 0 Å². The zero-order valence-corrected chi connectivity index (χ0v) is 20.7. The summed E-state index contributed by atoms with van der Waals surface area (Å²) >= 11 is 0. The fraction of sp³-hybridized carbons (Fsp3) is 0.500. The van der Waals surface area contributed by atoms with Crippen LogP contribution in [0, 0.1) is 6.92 Å². The average Bonchev–Trinajstić information content (AvgIpc) is 3.29. The molecule has 2 aliphatic heterocycles. The van der Waals surface area contributed by atoms with Crippen LogP contribution in [0.5, 0.6) is 11.5 Å². The molecule has 1 fully saturated rings. The Morgan fingerprint density at radius 1 is 0.971 bits per heavy atom. The van der Waals surface area contributed by atoms with Crippen molar-refractivity contribution in [1.29, 1.82) is 0 Å². The number of hydrogen-bond donors (Lipinski definition) is 1. The summed E-state index contributed by atoms with van der Waals surface area (Å²) in [6.45, 7) is 7.00. The Kier molecular flexibility index (Phi) is 6.95. The first-order chi connectivity index (χ1) is 17.0. The molecule has 35 heavy (non-hydrogen) atoms. The summed E-state index contributed by atoms with van der Waals surface area (Å²) in [5, 5.41) is 4.63. The number of nitrogens with one attached hydrogen (secondary N) is 1. The Labute approximate surface area is 205 Å². The van der Waals surface area contributed by atoms with Crippen molar-refractivity contribution in [2.75, 3.05) is 13.2 Å². The van der Waals surface area contributed by atoms with Gasteiger partial charge >= 0.3 is 0 Å². The van der Waals surface area contributed by atoms with E-state index in [2.05, 4.69) is 24.4 Å². The lowest BCUT2D eigenvalue weighted by Crippen LogP contribution is -2.30. The van der Waals surface area contributed by atoms with E-state index in [1.807, 2.05) is 6.92 Å². The number of hydrogen-bond acceptors (Lipinski definition) is 5. The number of aromatic nitrogens is 2. The van der Waals surface area contributed by atoms with Crippen molar-refractivity contribution in [3.05, 3.63) is 68.2 Å². The van der Waals surface area contributed by atoms with Gasteiger partial charge in [-0.25, -0.2) is 0 Å². The van der Waals surface area contributed by atoms with Crippen LogP contribution in [-0.2, 0) is 13.1 Å². The first-order valence-corrected chi connectivity index (χ1v) is 12.9. The van der Waals surface area contributed by atoms with Crippen LogP contribution < -0.4 is 25.9 Å². The van der Waals surface area contributed by atoms with E-state index in [1.165, 1.54) is 43.2 Å². The van der Waals surface area contributed by atoms with Crippen LogP contribution in [0.25, 0.3) is 11.0 Å². The van der Waals surface area contributed by atoms with Gasteiger partial charge in [0, 0.05) is 36.7 Å². The first kappa shape index (κ1) is 23.7. The fourth-order valence-corrected chi connectivity index (χ4v) is 5.54. The second-order valence-electron chi connectivity index (χ2n) is 9.82. The Morgan fingerprint density at radius 3 is 2.49 bits per heavy atom. The highest BCUT2D eigenvalue weighted by atomic mass is 16.6. The molecule has 4 heterocycles. The van der Waals surface area contributed by atoms with Crippen LogP contribution in [0.4, 0.5) is 0 Å². The smallest absolute Gasteiger partial charge is 0.252 e. The molecule has 2 aromatic heterocycles. The van der Waals surface area contributed by atoms with Gasteiger partial charge in [0.1, 0.15) is 18.9 Å². The molecule has 7 nitrogen and oxygen atoms in total. The van der Waals surface area contributed by atoms with E-state index in [9.17, 15) is 9.59 Å². The molecule has 0 radical (unpaired) electrons. The van der Waals surface area contributed by atoms with Crippen molar-refractivity contribution in [1.82, 2.24) is 14.5 Å². The highest BCUT2D eigenvalue weighted by Gasteiger charge is 2.24. The third-order valence-corrected chi connectivity index (χ3v) is 7.37. The molecular formula is C28H35N3O4. The maximum atomic E-state index is 11.8. The number of ether oxygens (including phenoxy) is 2. The van der Waals surface area contributed by atoms with Crippen molar-refractivity contribution in [3.63, 3.8) is 0 Å². The quantitative estimate of drug-likeness (QED) is 0.606. The molecule has 1 N–H and O–H groups in total. The standard InChI is InChI=1S/C16H23NO2.C12H12N2O2/c1-12-9-13(10-15-16(12)19-8-7-18-15)11-17-14-5-3-2-4-6-14;1-2-9-7-13-10(15)5-3-8-4-6-11(16)14(9)12(8)13/h9-10,14,17H,2-8,11H2,1H3;3-6,9H,2,7H2,1H3. The van der Waals surface area contributed by atoms with Crippen LogP contribution >= 0.6 is 0 Å². The molecule has 3 aromatic rings. The summed E-state index contributed by atoms with van der Waals surface area (Å²) in [4.78, 5) is 23.5. The number of fused-ring (bicyclic) bond motifs is 1. The molecule has 6 rings (SSSR count). The van der Waals surface area contributed by atoms with Gasteiger partial charge in [-0.3, -0.25) is 18.7 Å². The predicted octanol–water partition coefficient (Wildman–Crippen LogP) is 4.32. The predicted molar refractivity (Wildman–Crippen MR) is 138 cm³/mol. The highest BCUT2D eigenvalue weighted by Crippen LogP contribution is 2.34. The molecule has 0 amide bonds. The minimum atomic E-state index is -0.0252. The number of nitrogens with zero attached hydrogens (tertiary/aromatic N) is 2. The molecule has 186 valence electrons. The van der Waals surface area contributed by atoms with Crippen LogP contribution in [-0.4, -0.2) is 28.4 Å². The van der Waals surface area contributed by atoms with Gasteiger partial charge in [0.25, 0.3) is 11.1 Å².